The minimum absolute atomic E-state index is 0.392. The normalized spacial score (nSPS) is 18.1. The van der Waals surface area contributed by atoms with Gasteiger partial charge in [-0.3, -0.25) is 0 Å². The van der Waals surface area contributed by atoms with Crippen LogP contribution in [-0.2, 0) is 4.74 Å². The van der Waals surface area contributed by atoms with Crippen molar-refractivity contribution in [2.75, 3.05) is 18.5 Å². The van der Waals surface area contributed by atoms with Crippen LogP contribution in [0.3, 0.4) is 0 Å². The molecular formula is C15H22N2O3. The molecule has 20 heavy (non-hydrogen) atoms. The van der Waals surface area contributed by atoms with Crippen LogP contribution < -0.4 is 10.6 Å². The summed E-state index contributed by atoms with van der Waals surface area (Å²) in [5, 5.41) is 15.3. The number of amides is 2. The average molecular weight is 278 g/mol. The summed E-state index contributed by atoms with van der Waals surface area (Å²) in [7, 11) is 0. The Hall–Kier alpha value is -1.59. The molecular weight excluding hydrogens is 256 g/mol. The molecule has 5 nitrogen and oxygen atoms in total. The van der Waals surface area contributed by atoms with E-state index in [4.69, 9.17) is 4.74 Å². The van der Waals surface area contributed by atoms with Gasteiger partial charge in [-0.25, -0.2) is 4.79 Å². The standard InChI is InChI=1S/C15H22N2O3/c1-9-5-12(6-10(2)11(9)3)16-14(19)17-13(18)15(4)7-20-8-15/h5-6,13,18H,7-8H2,1-4H3,(H2,16,17,19). The van der Waals surface area contributed by atoms with E-state index in [1.807, 2.05) is 32.9 Å². The second kappa shape index (κ2) is 5.42. The SMILES string of the molecule is Cc1cc(NC(=O)NC(O)C2(C)COC2)cc(C)c1C. The third-order valence-corrected chi connectivity index (χ3v) is 3.98. The number of anilines is 1. The summed E-state index contributed by atoms with van der Waals surface area (Å²) in [5.41, 5.74) is 3.80. The molecule has 1 fully saturated rings. The van der Waals surface area contributed by atoms with Crippen molar-refractivity contribution in [2.24, 2.45) is 5.41 Å². The third-order valence-electron chi connectivity index (χ3n) is 3.98. The van der Waals surface area contributed by atoms with Gasteiger partial charge in [0.15, 0.2) is 0 Å². The molecule has 1 atom stereocenters. The summed E-state index contributed by atoms with van der Waals surface area (Å²) in [6, 6.07) is 3.43. The molecule has 1 aliphatic heterocycles. The van der Waals surface area contributed by atoms with E-state index in [1.54, 1.807) is 0 Å². The van der Waals surface area contributed by atoms with Crippen molar-refractivity contribution in [3.05, 3.63) is 28.8 Å². The number of carbonyl (C=O) groups excluding carboxylic acids is 1. The van der Waals surface area contributed by atoms with E-state index >= 15 is 0 Å². The fraction of sp³-hybridized carbons (Fsp3) is 0.533. The Bertz CT molecular complexity index is 501. The van der Waals surface area contributed by atoms with Crippen molar-refractivity contribution in [3.8, 4) is 0 Å². The van der Waals surface area contributed by atoms with Gasteiger partial charge in [-0.15, -0.1) is 0 Å². The molecule has 1 unspecified atom stereocenters. The van der Waals surface area contributed by atoms with Crippen molar-refractivity contribution in [3.63, 3.8) is 0 Å². The maximum absolute atomic E-state index is 11.9. The lowest BCUT2D eigenvalue weighted by molar-refractivity contribution is -0.165. The third kappa shape index (κ3) is 2.94. The maximum Gasteiger partial charge on any atom is 0.321 e. The van der Waals surface area contributed by atoms with Crippen molar-refractivity contribution in [1.82, 2.24) is 5.32 Å². The van der Waals surface area contributed by atoms with Gasteiger partial charge in [-0.2, -0.15) is 0 Å². The minimum Gasteiger partial charge on any atom is -0.380 e. The van der Waals surface area contributed by atoms with Crippen LogP contribution in [0.2, 0.25) is 0 Å². The number of aliphatic hydroxyl groups is 1. The first-order chi connectivity index (χ1) is 9.32. The summed E-state index contributed by atoms with van der Waals surface area (Å²) in [5.74, 6) is 0. The van der Waals surface area contributed by atoms with Crippen molar-refractivity contribution in [2.45, 2.75) is 33.9 Å². The number of hydrogen-bond acceptors (Lipinski definition) is 3. The van der Waals surface area contributed by atoms with Crippen molar-refractivity contribution in [1.29, 1.82) is 0 Å². The zero-order chi connectivity index (χ0) is 14.9. The number of aryl methyl sites for hydroxylation is 2. The summed E-state index contributed by atoms with van der Waals surface area (Å²) < 4.78 is 5.07. The molecule has 1 heterocycles. The molecule has 2 rings (SSSR count). The number of urea groups is 1. The number of carbonyl (C=O) groups is 1. The van der Waals surface area contributed by atoms with Gasteiger partial charge in [-0.05, 0) is 49.6 Å². The first-order valence-electron chi connectivity index (χ1n) is 6.73. The van der Waals surface area contributed by atoms with Gasteiger partial charge in [0.05, 0.1) is 18.6 Å². The molecule has 0 aromatic heterocycles. The first kappa shape index (κ1) is 14.8. The molecule has 0 aliphatic carbocycles. The fourth-order valence-corrected chi connectivity index (χ4v) is 2.16. The highest BCUT2D eigenvalue weighted by Gasteiger charge is 2.41. The van der Waals surface area contributed by atoms with Crippen LogP contribution in [0.5, 0.6) is 0 Å². The second-order valence-corrected chi connectivity index (χ2v) is 5.88. The maximum atomic E-state index is 11.9. The topological polar surface area (TPSA) is 70.6 Å². The average Bonchev–Trinajstić information content (AvgIpc) is 2.32. The molecule has 1 saturated heterocycles. The van der Waals surface area contributed by atoms with Crippen LogP contribution in [-0.4, -0.2) is 30.6 Å². The van der Waals surface area contributed by atoms with Crippen LogP contribution >= 0.6 is 0 Å². The number of rotatable bonds is 3. The van der Waals surface area contributed by atoms with E-state index in [0.29, 0.717) is 13.2 Å². The lowest BCUT2D eigenvalue weighted by Crippen LogP contribution is -2.57. The van der Waals surface area contributed by atoms with Gasteiger partial charge in [0.1, 0.15) is 6.23 Å². The van der Waals surface area contributed by atoms with Gasteiger partial charge in [0.2, 0.25) is 0 Å². The monoisotopic (exact) mass is 278 g/mol. The van der Waals surface area contributed by atoms with E-state index in [1.165, 1.54) is 5.56 Å². The molecule has 1 aliphatic rings. The molecule has 0 spiro atoms. The predicted octanol–water partition coefficient (Wildman–Crippen LogP) is 2.09. The van der Waals surface area contributed by atoms with Gasteiger partial charge < -0.3 is 20.5 Å². The molecule has 0 saturated carbocycles. The highest BCUT2D eigenvalue weighted by molar-refractivity contribution is 5.89. The zero-order valence-corrected chi connectivity index (χ0v) is 12.4. The Morgan fingerprint density at radius 2 is 1.85 bits per heavy atom. The molecule has 3 N–H and O–H groups in total. The van der Waals surface area contributed by atoms with Crippen molar-refractivity contribution < 1.29 is 14.6 Å². The van der Waals surface area contributed by atoms with Gasteiger partial charge >= 0.3 is 6.03 Å². The van der Waals surface area contributed by atoms with Crippen LogP contribution in [0.4, 0.5) is 10.5 Å². The van der Waals surface area contributed by atoms with Crippen LogP contribution in [0.15, 0.2) is 12.1 Å². The zero-order valence-electron chi connectivity index (χ0n) is 12.4. The molecule has 5 heteroatoms. The summed E-state index contributed by atoms with van der Waals surface area (Å²) in [4.78, 5) is 11.9. The van der Waals surface area contributed by atoms with E-state index in [0.717, 1.165) is 16.8 Å². The Morgan fingerprint density at radius 3 is 2.30 bits per heavy atom. The number of hydrogen-bond donors (Lipinski definition) is 3. The Kier molecular flexibility index (Phi) is 4.01. The van der Waals surface area contributed by atoms with E-state index in [2.05, 4.69) is 17.6 Å². The quantitative estimate of drug-likeness (QED) is 0.741. The highest BCUT2D eigenvalue weighted by atomic mass is 16.5. The number of aliphatic hydroxyl groups excluding tert-OH is 1. The molecule has 0 bridgehead atoms. The lowest BCUT2D eigenvalue weighted by Gasteiger charge is -2.41. The number of nitrogens with one attached hydrogen (secondary N) is 2. The fourth-order valence-electron chi connectivity index (χ4n) is 2.16. The van der Waals surface area contributed by atoms with Gasteiger partial charge in [0.25, 0.3) is 0 Å². The Labute approximate surface area is 119 Å². The molecule has 0 radical (unpaired) electrons. The van der Waals surface area contributed by atoms with Crippen LogP contribution in [0.1, 0.15) is 23.6 Å². The van der Waals surface area contributed by atoms with E-state index in [-0.39, 0.29) is 0 Å². The van der Waals surface area contributed by atoms with Gasteiger partial charge in [-0.1, -0.05) is 6.92 Å². The largest absolute Gasteiger partial charge is 0.380 e. The predicted molar refractivity (Wildman–Crippen MR) is 77.7 cm³/mol. The Morgan fingerprint density at radius 1 is 1.30 bits per heavy atom. The molecule has 1 aromatic rings. The molecule has 2 amide bonds. The number of ether oxygens (including phenoxy) is 1. The minimum atomic E-state index is -0.913. The summed E-state index contributed by atoms with van der Waals surface area (Å²) >= 11 is 0. The smallest absolute Gasteiger partial charge is 0.321 e. The lowest BCUT2D eigenvalue weighted by atomic mass is 9.86. The van der Waals surface area contributed by atoms with Crippen molar-refractivity contribution >= 4 is 11.7 Å². The van der Waals surface area contributed by atoms with E-state index < -0.39 is 17.7 Å². The highest BCUT2D eigenvalue weighted by Crippen LogP contribution is 2.29. The van der Waals surface area contributed by atoms with Gasteiger partial charge in [0, 0.05) is 5.69 Å². The molecule has 1 aromatic carbocycles. The van der Waals surface area contributed by atoms with Crippen LogP contribution in [0.25, 0.3) is 0 Å². The number of benzene rings is 1. The van der Waals surface area contributed by atoms with Crippen LogP contribution in [0, 0.1) is 26.2 Å². The summed E-state index contributed by atoms with van der Waals surface area (Å²) in [6.07, 6.45) is -0.913. The first-order valence-corrected chi connectivity index (χ1v) is 6.73. The second-order valence-electron chi connectivity index (χ2n) is 5.88. The molecule has 110 valence electrons. The Balaban J connectivity index is 1.98. The summed E-state index contributed by atoms with van der Waals surface area (Å²) in [6.45, 7) is 8.85. The van der Waals surface area contributed by atoms with E-state index in [9.17, 15) is 9.90 Å².